The summed E-state index contributed by atoms with van der Waals surface area (Å²) in [4.78, 5) is 19.0. The number of H-pyrrole nitrogens is 1. The van der Waals surface area contributed by atoms with Crippen LogP contribution in [0.2, 0.25) is 0 Å². The Morgan fingerprint density at radius 3 is 2.47 bits per heavy atom. The van der Waals surface area contributed by atoms with E-state index in [0.717, 1.165) is 38.9 Å². The van der Waals surface area contributed by atoms with E-state index in [9.17, 15) is 4.79 Å². The zero-order valence-electron chi connectivity index (χ0n) is 22.2. The van der Waals surface area contributed by atoms with Gasteiger partial charge in [0, 0.05) is 23.0 Å². The van der Waals surface area contributed by atoms with Gasteiger partial charge in [-0.05, 0) is 77.3 Å². The predicted octanol–water partition coefficient (Wildman–Crippen LogP) is 4.80. The van der Waals surface area contributed by atoms with E-state index in [1.54, 1.807) is 11.8 Å². The van der Waals surface area contributed by atoms with Gasteiger partial charge in [-0.15, -0.1) is 5.10 Å². The summed E-state index contributed by atoms with van der Waals surface area (Å²) in [5.41, 5.74) is 5.71. The van der Waals surface area contributed by atoms with Gasteiger partial charge in [0.1, 0.15) is 11.8 Å². The fourth-order valence-corrected chi connectivity index (χ4v) is 5.02. The third-order valence-electron chi connectivity index (χ3n) is 6.93. The maximum absolute atomic E-state index is 13.6. The Hall–Kier alpha value is -4.30. The van der Waals surface area contributed by atoms with Gasteiger partial charge in [0.15, 0.2) is 5.82 Å². The van der Waals surface area contributed by atoms with Gasteiger partial charge in [0.2, 0.25) is 0 Å². The van der Waals surface area contributed by atoms with Crippen molar-refractivity contribution in [2.45, 2.75) is 39.9 Å². The normalized spacial score (nSPS) is 12.2. The number of nitrogens with zero attached hydrogens (tertiary/aromatic N) is 5. The van der Waals surface area contributed by atoms with Gasteiger partial charge < -0.3 is 9.72 Å². The third kappa shape index (κ3) is 5.21. The van der Waals surface area contributed by atoms with Crippen molar-refractivity contribution in [1.82, 2.24) is 30.1 Å². The molecule has 8 nitrogen and oxygen atoms in total. The third-order valence-corrected chi connectivity index (χ3v) is 6.93. The lowest BCUT2D eigenvalue weighted by Crippen LogP contribution is -2.35. The minimum absolute atomic E-state index is 0.141. The number of methoxy groups -OCH3 is 1. The molecule has 0 fully saturated rings. The van der Waals surface area contributed by atoms with Gasteiger partial charge in [-0.3, -0.25) is 9.69 Å². The highest BCUT2D eigenvalue weighted by atomic mass is 16.5. The number of aromatic nitrogens is 5. The SMILES string of the molecule is CCN(Cc1ccccc1)C(c1cc2c(C)cc(C)cc2[nH]c1=O)c1nnnn1Cc1ccc(OC)cc1. The van der Waals surface area contributed by atoms with Crippen LogP contribution in [0.25, 0.3) is 10.9 Å². The van der Waals surface area contributed by atoms with Crippen LogP contribution >= 0.6 is 0 Å². The molecule has 2 heterocycles. The van der Waals surface area contributed by atoms with E-state index in [0.29, 0.717) is 31.0 Å². The number of aromatic amines is 1. The molecule has 194 valence electrons. The monoisotopic (exact) mass is 508 g/mol. The topological polar surface area (TPSA) is 88.9 Å². The van der Waals surface area contributed by atoms with Crippen molar-refractivity contribution in [1.29, 1.82) is 0 Å². The standard InChI is InChI=1S/C30H32N6O2/c1-5-35(18-22-9-7-6-8-10-22)28(26-17-25-21(3)15-20(2)16-27(25)31-30(26)37)29-32-33-34-36(29)19-23-11-13-24(38-4)14-12-23/h6-17,28H,5,18-19H2,1-4H3,(H,31,37). The second-order valence-corrected chi connectivity index (χ2v) is 9.59. The van der Waals surface area contributed by atoms with Gasteiger partial charge in [-0.1, -0.05) is 55.5 Å². The molecule has 5 rings (SSSR count). The lowest BCUT2D eigenvalue weighted by molar-refractivity contribution is 0.214. The molecular formula is C30H32N6O2. The zero-order chi connectivity index (χ0) is 26.6. The van der Waals surface area contributed by atoms with Gasteiger partial charge in [-0.25, -0.2) is 4.68 Å². The number of pyridine rings is 1. The Morgan fingerprint density at radius 1 is 1.00 bits per heavy atom. The molecule has 0 aliphatic rings. The van der Waals surface area contributed by atoms with Crippen LogP contribution in [0, 0.1) is 13.8 Å². The zero-order valence-corrected chi connectivity index (χ0v) is 22.2. The van der Waals surface area contributed by atoms with Crippen molar-refractivity contribution in [3.63, 3.8) is 0 Å². The number of rotatable bonds is 9. The van der Waals surface area contributed by atoms with Crippen LogP contribution in [-0.4, -0.2) is 43.7 Å². The lowest BCUT2D eigenvalue weighted by Gasteiger charge is -2.30. The summed E-state index contributed by atoms with van der Waals surface area (Å²) in [5.74, 6) is 1.41. The summed E-state index contributed by atoms with van der Waals surface area (Å²) in [6, 6.07) is 23.8. The first-order valence-corrected chi connectivity index (χ1v) is 12.8. The number of benzene rings is 3. The molecule has 0 aliphatic heterocycles. The molecule has 0 bridgehead atoms. The van der Waals surface area contributed by atoms with E-state index >= 15 is 0 Å². The molecule has 1 atom stereocenters. The predicted molar refractivity (Wildman–Crippen MR) is 148 cm³/mol. The van der Waals surface area contributed by atoms with Gasteiger partial charge in [0.25, 0.3) is 5.56 Å². The lowest BCUT2D eigenvalue weighted by atomic mass is 9.99. The Morgan fingerprint density at radius 2 is 1.76 bits per heavy atom. The van der Waals surface area contributed by atoms with Crippen LogP contribution in [0.15, 0.2) is 77.6 Å². The van der Waals surface area contributed by atoms with Gasteiger partial charge in [0.05, 0.1) is 13.7 Å². The van der Waals surface area contributed by atoms with Crippen LogP contribution in [0.4, 0.5) is 0 Å². The quantitative estimate of drug-likeness (QED) is 0.308. The van der Waals surface area contributed by atoms with E-state index in [-0.39, 0.29) is 5.56 Å². The maximum Gasteiger partial charge on any atom is 0.253 e. The van der Waals surface area contributed by atoms with E-state index in [4.69, 9.17) is 4.74 Å². The molecule has 0 saturated carbocycles. The fourth-order valence-electron chi connectivity index (χ4n) is 5.02. The van der Waals surface area contributed by atoms with Crippen molar-refractivity contribution < 1.29 is 4.74 Å². The average molecular weight is 509 g/mol. The molecule has 0 amide bonds. The molecule has 2 aromatic heterocycles. The average Bonchev–Trinajstić information content (AvgIpc) is 3.37. The van der Waals surface area contributed by atoms with Crippen molar-refractivity contribution in [3.8, 4) is 5.75 Å². The summed E-state index contributed by atoms with van der Waals surface area (Å²) in [7, 11) is 1.65. The highest BCUT2D eigenvalue weighted by Crippen LogP contribution is 2.29. The van der Waals surface area contributed by atoms with Crippen LogP contribution in [0.3, 0.4) is 0 Å². The molecular weight excluding hydrogens is 476 g/mol. The molecule has 5 aromatic rings. The van der Waals surface area contributed by atoms with Gasteiger partial charge in [-0.2, -0.15) is 0 Å². The fraction of sp³-hybridized carbons (Fsp3) is 0.267. The summed E-state index contributed by atoms with van der Waals surface area (Å²) in [6.45, 7) is 8.00. The van der Waals surface area contributed by atoms with E-state index in [1.807, 2.05) is 61.5 Å². The molecule has 0 saturated heterocycles. The number of tetrazole rings is 1. The van der Waals surface area contributed by atoms with Crippen molar-refractivity contribution in [2.75, 3.05) is 13.7 Å². The minimum atomic E-state index is -0.456. The van der Waals surface area contributed by atoms with Crippen molar-refractivity contribution in [3.05, 3.63) is 117 Å². The first-order valence-electron chi connectivity index (χ1n) is 12.8. The summed E-state index contributed by atoms with van der Waals surface area (Å²) in [6.07, 6.45) is 0. The van der Waals surface area contributed by atoms with Crippen molar-refractivity contribution in [2.24, 2.45) is 0 Å². The molecule has 3 aromatic carbocycles. The molecule has 0 aliphatic carbocycles. The van der Waals surface area contributed by atoms with E-state index in [2.05, 4.69) is 57.5 Å². The Bertz CT molecular complexity index is 1590. The molecule has 1 N–H and O–H groups in total. The Labute approximate surface area is 221 Å². The van der Waals surface area contributed by atoms with E-state index < -0.39 is 6.04 Å². The van der Waals surface area contributed by atoms with Crippen LogP contribution in [-0.2, 0) is 13.1 Å². The van der Waals surface area contributed by atoms with E-state index in [1.165, 1.54) is 0 Å². The second kappa shape index (κ2) is 11.0. The van der Waals surface area contributed by atoms with Gasteiger partial charge >= 0.3 is 0 Å². The summed E-state index contributed by atoms with van der Waals surface area (Å²) >= 11 is 0. The number of nitrogens with one attached hydrogen (secondary N) is 1. The maximum atomic E-state index is 13.6. The number of aryl methyl sites for hydroxylation is 2. The Balaban J connectivity index is 1.63. The van der Waals surface area contributed by atoms with Crippen LogP contribution in [0.5, 0.6) is 5.75 Å². The highest BCUT2D eigenvalue weighted by Gasteiger charge is 2.30. The second-order valence-electron chi connectivity index (χ2n) is 9.59. The smallest absolute Gasteiger partial charge is 0.253 e. The number of ether oxygens (including phenoxy) is 1. The van der Waals surface area contributed by atoms with Crippen molar-refractivity contribution >= 4 is 10.9 Å². The number of hydrogen-bond acceptors (Lipinski definition) is 6. The molecule has 0 spiro atoms. The first kappa shape index (κ1) is 25.4. The first-order chi connectivity index (χ1) is 18.5. The molecule has 38 heavy (non-hydrogen) atoms. The summed E-state index contributed by atoms with van der Waals surface area (Å²) in [5, 5.41) is 13.9. The highest BCUT2D eigenvalue weighted by molar-refractivity contribution is 5.83. The number of hydrogen-bond donors (Lipinski definition) is 1. The largest absolute Gasteiger partial charge is 0.497 e. The minimum Gasteiger partial charge on any atom is -0.497 e. The van der Waals surface area contributed by atoms with Crippen LogP contribution in [0.1, 0.15) is 46.6 Å². The molecule has 8 heteroatoms. The summed E-state index contributed by atoms with van der Waals surface area (Å²) < 4.78 is 7.08. The molecule has 1 unspecified atom stereocenters. The number of fused-ring (bicyclic) bond motifs is 1. The van der Waals surface area contributed by atoms with Crippen LogP contribution < -0.4 is 10.3 Å². The Kier molecular flexibility index (Phi) is 7.33. The molecule has 0 radical (unpaired) electrons.